The molecule has 150 valence electrons. The van der Waals surface area contributed by atoms with E-state index in [0.717, 1.165) is 57.3 Å². The van der Waals surface area contributed by atoms with Crippen LogP contribution in [0.4, 0.5) is 0 Å². The first-order chi connectivity index (χ1) is 13.1. The number of rotatable bonds is 7. The predicted molar refractivity (Wildman–Crippen MR) is 108 cm³/mol. The predicted octanol–water partition coefficient (Wildman–Crippen LogP) is 4.11. The summed E-state index contributed by atoms with van der Waals surface area (Å²) in [6.45, 7) is 7.98. The van der Waals surface area contributed by atoms with Crippen LogP contribution >= 0.6 is 11.6 Å². The van der Waals surface area contributed by atoms with Crippen molar-refractivity contribution >= 4 is 17.5 Å². The van der Waals surface area contributed by atoms with Crippen LogP contribution < -0.4 is 9.47 Å². The van der Waals surface area contributed by atoms with E-state index >= 15 is 0 Å². The molecule has 3 rings (SSSR count). The summed E-state index contributed by atoms with van der Waals surface area (Å²) < 4.78 is 11.1. The van der Waals surface area contributed by atoms with Gasteiger partial charge in [-0.15, -0.1) is 0 Å². The number of likely N-dealkylation sites (tertiary alicyclic amines) is 2. The van der Waals surface area contributed by atoms with E-state index in [9.17, 15) is 4.79 Å². The minimum absolute atomic E-state index is 0.308. The molecule has 2 heterocycles. The maximum atomic E-state index is 13.3. The zero-order valence-electron chi connectivity index (χ0n) is 16.7. The van der Waals surface area contributed by atoms with Gasteiger partial charge >= 0.3 is 0 Å². The lowest BCUT2D eigenvalue weighted by atomic mass is 9.85. The molecule has 0 aromatic heterocycles. The van der Waals surface area contributed by atoms with Gasteiger partial charge in [-0.2, -0.15) is 0 Å². The number of amides is 1. The summed E-state index contributed by atoms with van der Waals surface area (Å²) in [7, 11) is 1.62. The second kappa shape index (κ2) is 8.70. The molecule has 1 amide bonds. The number of ether oxygens (including phenoxy) is 2. The highest BCUT2D eigenvalue weighted by Gasteiger charge is 2.50. The van der Waals surface area contributed by atoms with Gasteiger partial charge in [0.1, 0.15) is 5.54 Å². The summed E-state index contributed by atoms with van der Waals surface area (Å²) in [6, 6.07) is 3.78. The molecule has 2 fully saturated rings. The van der Waals surface area contributed by atoms with Crippen LogP contribution in [0.25, 0.3) is 0 Å². The fraction of sp³-hybridized carbons (Fsp3) is 0.667. The number of hydrogen-bond donors (Lipinski definition) is 0. The van der Waals surface area contributed by atoms with E-state index in [2.05, 4.69) is 16.7 Å². The molecule has 1 unspecified atom stereocenters. The highest BCUT2D eigenvalue weighted by Crippen LogP contribution is 2.41. The number of benzene rings is 1. The van der Waals surface area contributed by atoms with Gasteiger partial charge in [0, 0.05) is 30.7 Å². The molecule has 0 saturated carbocycles. The monoisotopic (exact) mass is 394 g/mol. The maximum Gasteiger partial charge on any atom is 0.243 e. The fourth-order valence-corrected chi connectivity index (χ4v) is 4.78. The summed E-state index contributed by atoms with van der Waals surface area (Å²) in [6.07, 6.45) is 5.01. The van der Waals surface area contributed by atoms with Crippen LogP contribution in [0, 0.1) is 0 Å². The lowest BCUT2D eigenvalue weighted by molar-refractivity contribution is -0.147. The third-order valence-corrected chi connectivity index (χ3v) is 6.17. The Bertz CT molecular complexity index is 680. The van der Waals surface area contributed by atoms with Crippen LogP contribution in [0.3, 0.4) is 0 Å². The highest BCUT2D eigenvalue weighted by molar-refractivity contribution is 6.31. The SMILES string of the molecule is CCCN1CCCC2(CCCN2Cc2cc(OCC)c(OC)cc2Cl)C1=O. The van der Waals surface area contributed by atoms with Crippen LogP contribution in [-0.4, -0.2) is 54.6 Å². The van der Waals surface area contributed by atoms with Gasteiger partial charge in [0.05, 0.1) is 13.7 Å². The van der Waals surface area contributed by atoms with E-state index in [4.69, 9.17) is 21.1 Å². The van der Waals surface area contributed by atoms with Gasteiger partial charge in [-0.05, 0) is 57.2 Å². The molecule has 5 nitrogen and oxygen atoms in total. The summed E-state index contributed by atoms with van der Waals surface area (Å²) in [5.41, 5.74) is 0.630. The first-order valence-corrected chi connectivity index (χ1v) is 10.5. The zero-order chi connectivity index (χ0) is 19.4. The summed E-state index contributed by atoms with van der Waals surface area (Å²) in [4.78, 5) is 17.7. The van der Waals surface area contributed by atoms with Crippen LogP contribution in [-0.2, 0) is 11.3 Å². The zero-order valence-corrected chi connectivity index (χ0v) is 17.5. The average Bonchev–Trinajstić information content (AvgIpc) is 3.05. The summed E-state index contributed by atoms with van der Waals surface area (Å²) in [5.74, 6) is 1.66. The second-order valence-corrected chi connectivity index (χ2v) is 7.89. The van der Waals surface area contributed by atoms with Crippen LogP contribution in [0.2, 0.25) is 5.02 Å². The Hall–Kier alpha value is -1.46. The Kier molecular flexibility index (Phi) is 6.53. The Morgan fingerprint density at radius 2 is 1.89 bits per heavy atom. The number of methoxy groups -OCH3 is 1. The van der Waals surface area contributed by atoms with Crippen molar-refractivity contribution in [1.29, 1.82) is 0 Å². The number of piperidine rings is 1. The van der Waals surface area contributed by atoms with E-state index in [-0.39, 0.29) is 5.54 Å². The molecule has 0 aliphatic carbocycles. The second-order valence-electron chi connectivity index (χ2n) is 7.48. The standard InChI is InChI=1S/C21H31ClN2O3/c1-4-10-23-11-6-8-21(20(23)25)9-7-12-24(21)15-16-13-19(27-5-2)18(26-3)14-17(16)22/h13-14H,4-12,15H2,1-3H3. The Balaban J connectivity index is 1.86. The topological polar surface area (TPSA) is 42.0 Å². The molecule has 6 heteroatoms. The minimum Gasteiger partial charge on any atom is -0.493 e. The van der Waals surface area contributed by atoms with E-state index in [0.29, 0.717) is 35.6 Å². The molecular formula is C21H31ClN2O3. The van der Waals surface area contributed by atoms with E-state index in [1.807, 2.05) is 19.1 Å². The molecule has 0 bridgehead atoms. The average molecular weight is 395 g/mol. The summed E-state index contributed by atoms with van der Waals surface area (Å²) in [5, 5.41) is 0.658. The molecule has 27 heavy (non-hydrogen) atoms. The van der Waals surface area contributed by atoms with Gasteiger partial charge in [-0.3, -0.25) is 9.69 Å². The summed E-state index contributed by atoms with van der Waals surface area (Å²) >= 11 is 6.54. The molecule has 2 aliphatic heterocycles. The Labute approximate surface area is 167 Å². The van der Waals surface area contributed by atoms with Crippen molar-refractivity contribution in [3.8, 4) is 11.5 Å². The van der Waals surface area contributed by atoms with Crippen molar-refractivity contribution in [3.63, 3.8) is 0 Å². The normalized spacial score (nSPS) is 23.3. The molecule has 1 aromatic rings. The maximum absolute atomic E-state index is 13.3. The first-order valence-electron chi connectivity index (χ1n) is 10.1. The first kappa shape index (κ1) is 20.3. The third kappa shape index (κ3) is 3.90. The van der Waals surface area contributed by atoms with Gasteiger partial charge in [-0.1, -0.05) is 18.5 Å². The van der Waals surface area contributed by atoms with E-state index in [1.165, 1.54) is 0 Å². The van der Waals surface area contributed by atoms with Crippen molar-refractivity contribution < 1.29 is 14.3 Å². The molecule has 0 radical (unpaired) electrons. The van der Waals surface area contributed by atoms with Crippen LogP contribution in [0.1, 0.15) is 51.5 Å². The Morgan fingerprint density at radius 1 is 1.15 bits per heavy atom. The van der Waals surface area contributed by atoms with Gasteiger partial charge in [0.25, 0.3) is 0 Å². The van der Waals surface area contributed by atoms with Gasteiger partial charge in [-0.25, -0.2) is 0 Å². The van der Waals surface area contributed by atoms with Crippen molar-refractivity contribution in [1.82, 2.24) is 9.80 Å². The molecule has 1 atom stereocenters. The number of hydrogen-bond acceptors (Lipinski definition) is 4. The van der Waals surface area contributed by atoms with Gasteiger partial charge in [0.2, 0.25) is 5.91 Å². The molecule has 1 spiro atoms. The van der Waals surface area contributed by atoms with Crippen LogP contribution in [0.5, 0.6) is 11.5 Å². The smallest absolute Gasteiger partial charge is 0.243 e. The molecule has 2 aliphatic rings. The Morgan fingerprint density at radius 3 is 2.56 bits per heavy atom. The van der Waals surface area contributed by atoms with Gasteiger partial charge < -0.3 is 14.4 Å². The fourth-order valence-electron chi connectivity index (χ4n) is 4.57. The van der Waals surface area contributed by atoms with Crippen molar-refractivity contribution in [2.24, 2.45) is 0 Å². The molecular weight excluding hydrogens is 364 g/mol. The van der Waals surface area contributed by atoms with Gasteiger partial charge in [0.15, 0.2) is 11.5 Å². The largest absolute Gasteiger partial charge is 0.493 e. The van der Waals surface area contributed by atoms with E-state index in [1.54, 1.807) is 7.11 Å². The molecule has 2 saturated heterocycles. The van der Waals surface area contributed by atoms with Crippen molar-refractivity contribution in [2.75, 3.05) is 33.4 Å². The lowest BCUT2D eigenvalue weighted by Crippen LogP contribution is -2.59. The molecule has 0 N–H and O–H groups in total. The van der Waals surface area contributed by atoms with Crippen molar-refractivity contribution in [2.45, 2.75) is 58.0 Å². The highest BCUT2D eigenvalue weighted by atomic mass is 35.5. The quantitative estimate of drug-likeness (QED) is 0.697. The molecule has 1 aromatic carbocycles. The number of carbonyl (C=O) groups is 1. The lowest BCUT2D eigenvalue weighted by Gasteiger charge is -2.44. The van der Waals surface area contributed by atoms with Crippen molar-refractivity contribution in [3.05, 3.63) is 22.7 Å². The van der Waals surface area contributed by atoms with E-state index < -0.39 is 0 Å². The third-order valence-electron chi connectivity index (χ3n) is 5.81. The van der Waals surface area contributed by atoms with Crippen LogP contribution in [0.15, 0.2) is 12.1 Å². The number of carbonyl (C=O) groups excluding carboxylic acids is 1. The number of nitrogens with zero attached hydrogens (tertiary/aromatic N) is 2. The minimum atomic E-state index is -0.359. The number of halogens is 1.